The summed E-state index contributed by atoms with van der Waals surface area (Å²) in [6, 6.07) is 13.9. The van der Waals surface area contributed by atoms with Gasteiger partial charge in [0.1, 0.15) is 5.75 Å². The van der Waals surface area contributed by atoms with Gasteiger partial charge in [0.2, 0.25) is 6.10 Å². The van der Waals surface area contributed by atoms with Crippen LogP contribution >= 0.6 is 23.2 Å². The van der Waals surface area contributed by atoms with Crippen molar-refractivity contribution < 1.29 is 14.3 Å². The summed E-state index contributed by atoms with van der Waals surface area (Å²) >= 11 is 12.0. The van der Waals surface area contributed by atoms with Gasteiger partial charge in [-0.2, -0.15) is 0 Å². The van der Waals surface area contributed by atoms with Crippen LogP contribution in [0.3, 0.4) is 0 Å². The molecular weight excluding hydrogens is 311 g/mol. The number of rotatable bonds is 5. The van der Waals surface area contributed by atoms with Crippen LogP contribution in [0.1, 0.15) is 18.6 Å². The van der Waals surface area contributed by atoms with E-state index < -0.39 is 12.1 Å². The predicted octanol–water partition coefficient (Wildman–Crippen LogP) is 4.68. The predicted molar refractivity (Wildman–Crippen MR) is 82.9 cm³/mol. The number of carbonyl (C=O) groups excluding carboxylic acids is 1. The Morgan fingerprint density at radius 2 is 1.86 bits per heavy atom. The Kier molecular flexibility index (Phi) is 5.48. The standard InChI is InChI=1S/C16H14Cl2O3/c1-2-20-16(19)15(11-6-4-3-5-7-11)21-14-10-12(17)8-9-13(14)18/h3-10,15H,2H2,1H3. The molecule has 0 aliphatic rings. The second-order valence-electron chi connectivity index (χ2n) is 4.24. The number of benzene rings is 2. The fourth-order valence-electron chi connectivity index (χ4n) is 1.79. The molecule has 0 N–H and O–H groups in total. The molecule has 1 atom stereocenters. The number of ether oxygens (including phenoxy) is 2. The molecule has 0 aliphatic heterocycles. The van der Waals surface area contributed by atoms with E-state index in [1.54, 1.807) is 37.3 Å². The number of esters is 1. The third kappa shape index (κ3) is 4.13. The van der Waals surface area contributed by atoms with Crippen LogP contribution in [0.5, 0.6) is 5.75 Å². The molecule has 0 saturated carbocycles. The number of carbonyl (C=O) groups is 1. The van der Waals surface area contributed by atoms with Crippen molar-refractivity contribution in [2.24, 2.45) is 0 Å². The lowest BCUT2D eigenvalue weighted by Gasteiger charge is -2.18. The average Bonchev–Trinajstić information content (AvgIpc) is 2.49. The van der Waals surface area contributed by atoms with E-state index in [1.165, 1.54) is 0 Å². The fourth-order valence-corrected chi connectivity index (χ4v) is 2.12. The first-order valence-corrected chi connectivity index (χ1v) is 7.20. The highest BCUT2D eigenvalue weighted by atomic mass is 35.5. The maximum absolute atomic E-state index is 12.1. The number of hydrogen-bond donors (Lipinski definition) is 0. The lowest BCUT2D eigenvalue weighted by Crippen LogP contribution is -2.21. The van der Waals surface area contributed by atoms with Gasteiger partial charge < -0.3 is 9.47 Å². The van der Waals surface area contributed by atoms with Crippen LogP contribution in [-0.2, 0) is 9.53 Å². The van der Waals surface area contributed by atoms with Crippen LogP contribution in [0.4, 0.5) is 0 Å². The first-order valence-electron chi connectivity index (χ1n) is 6.45. The van der Waals surface area contributed by atoms with Gasteiger partial charge in [0.05, 0.1) is 11.6 Å². The van der Waals surface area contributed by atoms with Crippen molar-refractivity contribution in [1.82, 2.24) is 0 Å². The zero-order valence-corrected chi connectivity index (χ0v) is 12.9. The van der Waals surface area contributed by atoms with E-state index in [2.05, 4.69) is 0 Å². The Balaban J connectivity index is 2.32. The van der Waals surface area contributed by atoms with Gasteiger partial charge in [-0.25, -0.2) is 4.79 Å². The molecule has 2 aromatic rings. The normalized spacial score (nSPS) is 11.8. The fraction of sp³-hybridized carbons (Fsp3) is 0.188. The summed E-state index contributed by atoms with van der Waals surface area (Å²) in [5.74, 6) is -0.134. The summed E-state index contributed by atoms with van der Waals surface area (Å²) in [6.07, 6.45) is -0.887. The summed E-state index contributed by atoms with van der Waals surface area (Å²) in [4.78, 5) is 12.1. The van der Waals surface area contributed by atoms with E-state index >= 15 is 0 Å². The Morgan fingerprint density at radius 1 is 1.14 bits per heavy atom. The van der Waals surface area contributed by atoms with Crippen molar-refractivity contribution in [3.8, 4) is 5.75 Å². The molecule has 0 bridgehead atoms. The maximum atomic E-state index is 12.1. The minimum atomic E-state index is -0.887. The van der Waals surface area contributed by atoms with E-state index in [4.69, 9.17) is 32.7 Å². The van der Waals surface area contributed by atoms with Crippen LogP contribution in [-0.4, -0.2) is 12.6 Å². The monoisotopic (exact) mass is 324 g/mol. The molecule has 0 aliphatic carbocycles. The van der Waals surface area contributed by atoms with Crippen molar-refractivity contribution in [3.63, 3.8) is 0 Å². The molecule has 0 amide bonds. The topological polar surface area (TPSA) is 35.5 Å². The van der Waals surface area contributed by atoms with Gasteiger partial charge in [-0.15, -0.1) is 0 Å². The molecule has 3 nitrogen and oxygen atoms in total. The minimum Gasteiger partial charge on any atom is -0.472 e. The van der Waals surface area contributed by atoms with Gasteiger partial charge >= 0.3 is 5.97 Å². The van der Waals surface area contributed by atoms with E-state index in [0.717, 1.165) is 0 Å². The van der Waals surface area contributed by atoms with Crippen molar-refractivity contribution in [3.05, 3.63) is 64.1 Å². The van der Waals surface area contributed by atoms with Gasteiger partial charge in [-0.3, -0.25) is 0 Å². The highest BCUT2D eigenvalue weighted by Gasteiger charge is 2.25. The molecule has 21 heavy (non-hydrogen) atoms. The molecule has 0 spiro atoms. The second-order valence-corrected chi connectivity index (χ2v) is 5.08. The quantitative estimate of drug-likeness (QED) is 0.749. The van der Waals surface area contributed by atoms with Crippen LogP contribution in [0.25, 0.3) is 0 Å². The number of hydrogen-bond acceptors (Lipinski definition) is 3. The molecule has 110 valence electrons. The Hall–Kier alpha value is -1.71. The van der Waals surface area contributed by atoms with Crippen LogP contribution in [0.15, 0.2) is 48.5 Å². The smallest absolute Gasteiger partial charge is 0.352 e. The summed E-state index contributed by atoms with van der Waals surface area (Å²) < 4.78 is 10.8. The highest BCUT2D eigenvalue weighted by molar-refractivity contribution is 6.34. The number of halogens is 2. The van der Waals surface area contributed by atoms with E-state index in [9.17, 15) is 4.79 Å². The first-order chi connectivity index (χ1) is 10.1. The van der Waals surface area contributed by atoms with Gasteiger partial charge in [0.15, 0.2) is 0 Å². The van der Waals surface area contributed by atoms with E-state index in [0.29, 0.717) is 21.4 Å². The van der Waals surface area contributed by atoms with Crippen molar-refractivity contribution >= 4 is 29.2 Å². The first kappa shape index (κ1) is 15.7. The van der Waals surface area contributed by atoms with E-state index in [1.807, 2.05) is 18.2 Å². The SMILES string of the molecule is CCOC(=O)C(Oc1cc(Cl)ccc1Cl)c1ccccc1. The second kappa shape index (κ2) is 7.34. The molecular formula is C16H14Cl2O3. The zero-order valence-electron chi connectivity index (χ0n) is 11.4. The Labute approximate surface area is 133 Å². The Morgan fingerprint density at radius 3 is 2.52 bits per heavy atom. The molecule has 0 aromatic heterocycles. The maximum Gasteiger partial charge on any atom is 0.352 e. The molecule has 1 unspecified atom stereocenters. The Bertz CT molecular complexity index is 614. The molecule has 2 aromatic carbocycles. The summed E-state index contributed by atoms with van der Waals surface area (Å²) in [5, 5.41) is 0.856. The lowest BCUT2D eigenvalue weighted by molar-refractivity contribution is -0.151. The molecule has 0 radical (unpaired) electrons. The molecule has 2 rings (SSSR count). The van der Waals surface area contributed by atoms with Gasteiger partial charge in [-0.1, -0.05) is 53.5 Å². The summed E-state index contributed by atoms with van der Waals surface area (Å²) in [7, 11) is 0. The lowest BCUT2D eigenvalue weighted by atomic mass is 10.1. The van der Waals surface area contributed by atoms with Gasteiger partial charge in [0, 0.05) is 16.7 Å². The minimum absolute atomic E-state index is 0.273. The summed E-state index contributed by atoms with van der Waals surface area (Å²) in [5.41, 5.74) is 0.687. The zero-order chi connectivity index (χ0) is 15.2. The van der Waals surface area contributed by atoms with Crippen molar-refractivity contribution in [2.45, 2.75) is 13.0 Å². The third-order valence-electron chi connectivity index (χ3n) is 2.74. The van der Waals surface area contributed by atoms with Crippen molar-refractivity contribution in [1.29, 1.82) is 0 Å². The summed E-state index contributed by atoms with van der Waals surface area (Å²) in [6.45, 7) is 2.02. The third-order valence-corrected chi connectivity index (χ3v) is 3.29. The molecule has 0 fully saturated rings. The largest absolute Gasteiger partial charge is 0.472 e. The van der Waals surface area contributed by atoms with E-state index in [-0.39, 0.29) is 6.61 Å². The van der Waals surface area contributed by atoms with Crippen LogP contribution in [0, 0.1) is 0 Å². The molecule has 0 heterocycles. The van der Waals surface area contributed by atoms with Gasteiger partial charge in [0.25, 0.3) is 0 Å². The average molecular weight is 325 g/mol. The van der Waals surface area contributed by atoms with Crippen molar-refractivity contribution in [2.75, 3.05) is 6.61 Å². The van der Waals surface area contributed by atoms with Gasteiger partial charge in [-0.05, 0) is 19.1 Å². The highest BCUT2D eigenvalue weighted by Crippen LogP contribution is 2.32. The molecule has 0 saturated heterocycles. The molecule has 5 heteroatoms. The van der Waals surface area contributed by atoms with Crippen LogP contribution in [0.2, 0.25) is 10.0 Å². The van der Waals surface area contributed by atoms with Crippen LogP contribution < -0.4 is 4.74 Å².